The molecular weight excluding hydrogens is 300 g/mol. The highest BCUT2D eigenvalue weighted by atomic mass is 79.9. The van der Waals surface area contributed by atoms with Crippen molar-refractivity contribution in [3.63, 3.8) is 0 Å². The number of imidazole rings is 1. The molecule has 1 heterocycles. The van der Waals surface area contributed by atoms with E-state index < -0.39 is 0 Å². The van der Waals surface area contributed by atoms with E-state index in [2.05, 4.69) is 43.7 Å². The van der Waals surface area contributed by atoms with Gasteiger partial charge in [0.1, 0.15) is 5.82 Å². The van der Waals surface area contributed by atoms with Crippen LogP contribution in [0.4, 0.5) is 0 Å². The van der Waals surface area contributed by atoms with Gasteiger partial charge in [0, 0.05) is 11.0 Å². The molecule has 1 aliphatic rings. The molecule has 1 fully saturated rings. The lowest BCUT2D eigenvalue weighted by molar-refractivity contribution is 0.277. The standard InChI is InChI=1S/C13H14BrClN2/c14-10-4-5-12-11(6-10)16-13(7-15)17(12)8-9-2-1-3-9/h4-6,9H,1-3,7-8H2. The number of fused-ring (bicyclic) bond motifs is 1. The minimum Gasteiger partial charge on any atom is -0.327 e. The summed E-state index contributed by atoms with van der Waals surface area (Å²) in [5.74, 6) is 2.30. The first-order chi connectivity index (χ1) is 8.28. The number of aromatic nitrogens is 2. The van der Waals surface area contributed by atoms with Crippen LogP contribution >= 0.6 is 27.5 Å². The highest BCUT2D eigenvalue weighted by molar-refractivity contribution is 9.10. The summed E-state index contributed by atoms with van der Waals surface area (Å²) in [7, 11) is 0. The van der Waals surface area contributed by atoms with E-state index >= 15 is 0 Å². The molecular formula is C13H14BrClN2. The van der Waals surface area contributed by atoms with E-state index in [1.54, 1.807) is 0 Å². The third-order valence-corrected chi connectivity index (χ3v) is 4.31. The predicted molar refractivity (Wildman–Crippen MR) is 74.3 cm³/mol. The first-order valence-corrected chi connectivity index (χ1v) is 7.31. The van der Waals surface area contributed by atoms with E-state index in [9.17, 15) is 0 Å². The normalized spacial score (nSPS) is 16.4. The van der Waals surface area contributed by atoms with Crippen molar-refractivity contribution >= 4 is 38.6 Å². The molecule has 0 aliphatic heterocycles. The van der Waals surface area contributed by atoms with Crippen molar-refractivity contribution in [3.8, 4) is 0 Å². The molecule has 2 nitrogen and oxygen atoms in total. The van der Waals surface area contributed by atoms with Crippen LogP contribution in [0.3, 0.4) is 0 Å². The molecule has 0 amide bonds. The van der Waals surface area contributed by atoms with Gasteiger partial charge in [-0.15, -0.1) is 11.6 Å². The average molecular weight is 314 g/mol. The van der Waals surface area contributed by atoms with Crippen molar-refractivity contribution in [2.45, 2.75) is 31.7 Å². The molecule has 90 valence electrons. The molecule has 0 atom stereocenters. The van der Waals surface area contributed by atoms with Gasteiger partial charge < -0.3 is 4.57 Å². The molecule has 2 aromatic rings. The molecule has 0 unspecified atom stereocenters. The van der Waals surface area contributed by atoms with Crippen molar-refractivity contribution in [1.29, 1.82) is 0 Å². The maximum Gasteiger partial charge on any atom is 0.124 e. The molecule has 1 aromatic heterocycles. The molecule has 0 radical (unpaired) electrons. The second kappa shape index (κ2) is 4.62. The van der Waals surface area contributed by atoms with Crippen LogP contribution in [-0.2, 0) is 12.4 Å². The van der Waals surface area contributed by atoms with Gasteiger partial charge in [0.2, 0.25) is 0 Å². The number of hydrogen-bond donors (Lipinski definition) is 0. The van der Waals surface area contributed by atoms with Crippen LogP contribution in [0.1, 0.15) is 25.1 Å². The number of hydrogen-bond acceptors (Lipinski definition) is 1. The summed E-state index contributed by atoms with van der Waals surface area (Å²) >= 11 is 9.47. The van der Waals surface area contributed by atoms with Crippen LogP contribution in [-0.4, -0.2) is 9.55 Å². The summed E-state index contributed by atoms with van der Waals surface area (Å²) in [6.45, 7) is 1.07. The molecule has 17 heavy (non-hydrogen) atoms. The number of nitrogens with zero attached hydrogens (tertiary/aromatic N) is 2. The Morgan fingerprint density at radius 2 is 2.24 bits per heavy atom. The number of halogens is 2. The summed E-state index contributed by atoms with van der Waals surface area (Å²) in [5.41, 5.74) is 2.24. The van der Waals surface area contributed by atoms with Gasteiger partial charge in [-0.1, -0.05) is 22.4 Å². The SMILES string of the molecule is ClCc1nc2cc(Br)ccc2n1CC1CCC1. The summed E-state index contributed by atoms with van der Waals surface area (Å²) < 4.78 is 3.36. The summed E-state index contributed by atoms with van der Waals surface area (Å²) in [6, 6.07) is 6.25. The largest absolute Gasteiger partial charge is 0.327 e. The monoisotopic (exact) mass is 312 g/mol. The number of rotatable bonds is 3. The van der Waals surface area contributed by atoms with Crippen molar-refractivity contribution in [1.82, 2.24) is 9.55 Å². The molecule has 0 saturated heterocycles. The third kappa shape index (κ3) is 2.11. The van der Waals surface area contributed by atoms with Gasteiger partial charge in [0.05, 0.1) is 16.9 Å². The second-order valence-electron chi connectivity index (χ2n) is 4.70. The van der Waals surface area contributed by atoms with Crippen molar-refractivity contribution in [3.05, 3.63) is 28.5 Å². The minimum absolute atomic E-state index is 0.485. The Bertz CT molecular complexity index is 546. The van der Waals surface area contributed by atoms with Crippen molar-refractivity contribution in [2.24, 2.45) is 5.92 Å². The lowest BCUT2D eigenvalue weighted by Gasteiger charge is -2.26. The molecule has 0 spiro atoms. The van der Waals surface area contributed by atoms with Gasteiger partial charge in [-0.25, -0.2) is 4.98 Å². The Labute approximate surface area is 114 Å². The maximum absolute atomic E-state index is 5.99. The van der Waals surface area contributed by atoms with Gasteiger partial charge in [-0.05, 0) is 37.0 Å². The fraction of sp³-hybridized carbons (Fsp3) is 0.462. The highest BCUT2D eigenvalue weighted by Crippen LogP contribution is 2.30. The second-order valence-corrected chi connectivity index (χ2v) is 5.89. The predicted octanol–water partition coefficient (Wildman–Crippen LogP) is 4.34. The quantitative estimate of drug-likeness (QED) is 0.771. The van der Waals surface area contributed by atoms with Gasteiger partial charge in [-0.3, -0.25) is 0 Å². The fourth-order valence-corrected chi connectivity index (χ4v) is 2.95. The van der Waals surface area contributed by atoms with Crippen LogP contribution < -0.4 is 0 Å². The summed E-state index contributed by atoms with van der Waals surface area (Å²) in [5, 5.41) is 0. The van der Waals surface area contributed by atoms with E-state index in [-0.39, 0.29) is 0 Å². The lowest BCUT2D eigenvalue weighted by atomic mass is 9.85. The molecule has 0 bridgehead atoms. The van der Waals surface area contributed by atoms with E-state index in [1.165, 1.54) is 24.8 Å². The van der Waals surface area contributed by atoms with Gasteiger partial charge >= 0.3 is 0 Å². The van der Waals surface area contributed by atoms with Crippen LogP contribution in [0.5, 0.6) is 0 Å². The van der Waals surface area contributed by atoms with Crippen LogP contribution in [0, 0.1) is 5.92 Å². The fourth-order valence-electron chi connectivity index (χ4n) is 2.39. The van der Waals surface area contributed by atoms with Gasteiger partial charge in [0.15, 0.2) is 0 Å². The maximum atomic E-state index is 5.99. The van der Waals surface area contributed by atoms with Crippen molar-refractivity contribution in [2.75, 3.05) is 0 Å². The zero-order valence-corrected chi connectivity index (χ0v) is 11.8. The van der Waals surface area contributed by atoms with Crippen molar-refractivity contribution < 1.29 is 0 Å². The van der Waals surface area contributed by atoms with Crippen LogP contribution in [0.2, 0.25) is 0 Å². The third-order valence-electron chi connectivity index (χ3n) is 3.57. The topological polar surface area (TPSA) is 17.8 Å². The molecule has 1 saturated carbocycles. The Kier molecular flexibility index (Phi) is 3.14. The Hall–Kier alpha value is -0.540. The molecule has 1 aliphatic carbocycles. The molecule has 1 aromatic carbocycles. The molecule has 3 rings (SSSR count). The average Bonchev–Trinajstić information content (AvgIpc) is 2.60. The van der Waals surface area contributed by atoms with Crippen LogP contribution in [0.25, 0.3) is 11.0 Å². The highest BCUT2D eigenvalue weighted by Gasteiger charge is 2.20. The lowest BCUT2D eigenvalue weighted by Crippen LogP contribution is -2.19. The van der Waals surface area contributed by atoms with E-state index in [4.69, 9.17) is 11.6 Å². The van der Waals surface area contributed by atoms with Gasteiger partial charge in [0.25, 0.3) is 0 Å². The first-order valence-electron chi connectivity index (χ1n) is 5.98. The Balaban J connectivity index is 2.05. The minimum atomic E-state index is 0.485. The zero-order valence-electron chi connectivity index (χ0n) is 9.50. The van der Waals surface area contributed by atoms with Gasteiger partial charge in [-0.2, -0.15) is 0 Å². The Morgan fingerprint density at radius 1 is 1.41 bits per heavy atom. The molecule has 0 N–H and O–H groups in total. The van der Waals surface area contributed by atoms with E-state index in [0.717, 1.165) is 28.3 Å². The number of benzene rings is 1. The zero-order chi connectivity index (χ0) is 11.8. The summed E-state index contributed by atoms with van der Waals surface area (Å²) in [4.78, 5) is 4.60. The molecule has 4 heteroatoms. The Morgan fingerprint density at radius 3 is 2.88 bits per heavy atom. The summed E-state index contributed by atoms with van der Waals surface area (Å²) in [6.07, 6.45) is 4.06. The van der Waals surface area contributed by atoms with E-state index in [1.807, 2.05) is 0 Å². The smallest absolute Gasteiger partial charge is 0.124 e. The number of alkyl halides is 1. The van der Waals surface area contributed by atoms with Crippen LogP contribution in [0.15, 0.2) is 22.7 Å². The first kappa shape index (κ1) is 11.5. The van der Waals surface area contributed by atoms with E-state index in [0.29, 0.717) is 5.88 Å².